The third-order valence-electron chi connectivity index (χ3n) is 8.79. The van der Waals surface area contributed by atoms with Gasteiger partial charge in [-0.3, -0.25) is 52.7 Å². The second kappa shape index (κ2) is 24.6. The molecule has 2 saturated heterocycles. The van der Waals surface area contributed by atoms with Crippen LogP contribution in [-0.2, 0) is 114 Å². The fraction of sp³-hybridized carbons (Fsp3) is 0.692. The van der Waals surface area contributed by atoms with Gasteiger partial charge < -0.3 is 67.5 Å². The van der Waals surface area contributed by atoms with E-state index < -0.39 is 171 Å². The predicted octanol–water partition coefficient (Wildman–Crippen LogP) is -1.58. The van der Waals surface area contributed by atoms with Gasteiger partial charge in [-0.05, 0) is 0 Å². The Labute approximate surface area is 371 Å². The van der Waals surface area contributed by atoms with E-state index in [9.17, 15) is 57.5 Å². The summed E-state index contributed by atoms with van der Waals surface area (Å²) in [7, 11) is 0. The van der Waals surface area contributed by atoms with Gasteiger partial charge in [-0.15, -0.1) is 0 Å². The van der Waals surface area contributed by atoms with Crippen LogP contribution in [0.25, 0.3) is 0 Å². The van der Waals surface area contributed by atoms with Gasteiger partial charge in [-0.25, -0.2) is 4.79 Å². The highest BCUT2D eigenvalue weighted by atomic mass is 16.8. The van der Waals surface area contributed by atoms with Crippen molar-refractivity contribution in [3.8, 4) is 0 Å². The van der Waals surface area contributed by atoms with Gasteiger partial charge in [0.2, 0.25) is 18.1 Å². The molecule has 2 aliphatic heterocycles. The Morgan fingerprint density at radius 1 is 0.508 bits per heavy atom. The summed E-state index contributed by atoms with van der Waals surface area (Å²) in [6.45, 7) is 9.00. The van der Waals surface area contributed by atoms with Crippen LogP contribution in [0.3, 0.4) is 0 Å². The summed E-state index contributed by atoms with van der Waals surface area (Å²) in [5.74, 6) is -15.5. The maximum atomic E-state index is 14.8. The first-order valence-corrected chi connectivity index (χ1v) is 19.7. The maximum absolute atomic E-state index is 14.8. The molecule has 12 atom stereocenters. The summed E-state index contributed by atoms with van der Waals surface area (Å²) in [5.41, 5.74) is 0. The van der Waals surface area contributed by atoms with E-state index in [-0.39, 0.29) is 0 Å². The fourth-order valence-corrected chi connectivity index (χ4v) is 6.91. The van der Waals surface area contributed by atoms with Crippen LogP contribution in [0.5, 0.6) is 0 Å². The lowest BCUT2D eigenvalue weighted by molar-refractivity contribution is -0.317. The maximum Gasteiger partial charge on any atom is 0.382 e. The molecule has 0 aromatic rings. The Bertz CT molecular complexity index is 1830. The summed E-state index contributed by atoms with van der Waals surface area (Å²) in [5, 5.41) is 4.95. The quantitative estimate of drug-likeness (QED) is 0.109. The van der Waals surface area contributed by atoms with Crippen molar-refractivity contribution in [2.45, 2.75) is 162 Å². The topological polar surface area (TPSA) is 340 Å². The smallest absolute Gasteiger partial charge is 0.382 e. The molecule has 0 spiro atoms. The number of carbonyl (C=O) groups excluding carboxylic acids is 12. The number of hydrogen-bond donors (Lipinski definition) is 2. The van der Waals surface area contributed by atoms with Crippen LogP contribution in [0.15, 0.2) is 0 Å². The fourth-order valence-electron chi connectivity index (χ4n) is 6.91. The Kier molecular flexibility index (Phi) is 20.7. The van der Waals surface area contributed by atoms with E-state index in [0.717, 1.165) is 76.2 Å². The van der Waals surface area contributed by atoms with Crippen molar-refractivity contribution in [2.24, 2.45) is 0 Å². The SMILES string of the molecule is CC(=O)N[C@H]1[C@H]([C@H](OC(C)=O)[C@@H](COC(C)=O)OC(C)=O)O[C@@H](OC(=O)[C@]2(OC(C)=O)C[C@H](OC(C)=O)[C@@H](NC(C)=O)[C@H]([C@H](OC(C)=O)[C@@H](COC(C)=O)OC(C)=O)O2)C[C@@H]1OC(C)=O. The number of ether oxygens (including phenoxy) is 12. The highest BCUT2D eigenvalue weighted by molar-refractivity contribution is 5.82. The predicted molar refractivity (Wildman–Crippen MR) is 205 cm³/mol. The molecule has 0 aromatic carbocycles. The first kappa shape index (κ1) is 54.7. The van der Waals surface area contributed by atoms with Crippen LogP contribution in [0.1, 0.15) is 89.0 Å². The van der Waals surface area contributed by atoms with Crippen molar-refractivity contribution in [2.75, 3.05) is 13.2 Å². The molecule has 2 rings (SSSR count). The van der Waals surface area contributed by atoms with E-state index in [2.05, 4.69) is 10.6 Å². The molecule has 2 amide bonds. The van der Waals surface area contributed by atoms with Crippen LogP contribution in [0.4, 0.5) is 0 Å². The number of rotatable bonds is 19. The molecule has 0 aliphatic carbocycles. The normalized spacial score (nSPS) is 25.4. The lowest BCUT2D eigenvalue weighted by Crippen LogP contribution is -2.70. The standard InChI is InChI=1S/C39H54N2O24/c1-16(42)40-32-27(56-20(5)46)12-31(62-36(32)34(60-24(9)50)29(58-22(7)48)14-54-18(3)44)63-38(53)39(64-26(11)52)13-28(57-21(6)47)33(41-17(2)43)37(65-39)35(61-25(10)51)30(59-23(8)49)15-55-19(4)45/h27-37H,12-15H2,1-11H3,(H,40,42)(H,41,43)/t27-,28-,29+,30+,31-,32+,33+,34+,35+,36+,37+,39-/m0/s1. The van der Waals surface area contributed by atoms with Gasteiger partial charge in [0, 0.05) is 82.6 Å². The number of amides is 2. The van der Waals surface area contributed by atoms with Crippen LogP contribution in [0.2, 0.25) is 0 Å². The third kappa shape index (κ3) is 17.6. The zero-order valence-corrected chi connectivity index (χ0v) is 37.5. The molecule has 0 radical (unpaired) electrons. The van der Waals surface area contributed by atoms with E-state index in [1.165, 1.54) is 0 Å². The van der Waals surface area contributed by atoms with Crippen LogP contribution in [0, 0.1) is 0 Å². The van der Waals surface area contributed by atoms with E-state index in [1.807, 2.05) is 0 Å². The second-order valence-electron chi connectivity index (χ2n) is 14.6. The summed E-state index contributed by atoms with van der Waals surface area (Å²) < 4.78 is 66.2. The van der Waals surface area contributed by atoms with Gasteiger partial charge in [0.15, 0.2) is 24.4 Å². The molecule has 65 heavy (non-hydrogen) atoms. The van der Waals surface area contributed by atoms with E-state index in [4.69, 9.17) is 56.8 Å². The Morgan fingerprint density at radius 3 is 1.31 bits per heavy atom. The Morgan fingerprint density at radius 2 is 0.923 bits per heavy atom. The van der Waals surface area contributed by atoms with Gasteiger partial charge in [0.05, 0.1) is 18.5 Å². The molecule has 26 nitrogen and oxygen atoms in total. The van der Waals surface area contributed by atoms with Crippen molar-refractivity contribution >= 4 is 71.5 Å². The first-order chi connectivity index (χ1) is 30.1. The van der Waals surface area contributed by atoms with E-state index in [1.54, 1.807) is 0 Å². The van der Waals surface area contributed by atoms with Crippen molar-refractivity contribution in [3.05, 3.63) is 0 Å². The molecule has 2 heterocycles. The van der Waals surface area contributed by atoms with Crippen LogP contribution >= 0.6 is 0 Å². The zero-order valence-electron chi connectivity index (χ0n) is 37.5. The van der Waals surface area contributed by atoms with Crippen molar-refractivity contribution in [1.82, 2.24) is 10.6 Å². The molecule has 0 saturated carbocycles. The number of esters is 10. The summed E-state index contributed by atoms with van der Waals surface area (Å²) >= 11 is 0. The summed E-state index contributed by atoms with van der Waals surface area (Å²) in [4.78, 5) is 152. The van der Waals surface area contributed by atoms with Crippen LogP contribution < -0.4 is 10.6 Å². The van der Waals surface area contributed by atoms with E-state index >= 15 is 0 Å². The van der Waals surface area contributed by atoms with Gasteiger partial charge in [0.1, 0.15) is 37.6 Å². The molecule has 364 valence electrons. The van der Waals surface area contributed by atoms with Gasteiger partial charge in [0.25, 0.3) is 0 Å². The molecule has 2 aliphatic rings. The summed E-state index contributed by atoms with van der Waals surface area (Å²) in [6, 6.07) is -3.15. The molecule has 26 heteroatoms. The Balaban J connectivity index is 2.94. The monoisotopic (exact) mass is 934 g/mol. The van der Waals surface area contributed by atoms with Crippen molar-refractivity contribution in [3.63, 3.8) is 0 Å². The average Bonchev–Trinajstić information content (AvgIpc) is 3.13. The molecule has 2 fully saturated rings. The first-order valence-electron chi connectivity index (χ1n) is 19.7. The molecular formula is C39H54N2O24. The molecule has 2 N–H and O–H groups in total. The van der Waals surface area contributed by atoms with Gasteiger partial charge in [-0.1, -0.05) is 0 Å². The second-order valence-corrected chi connectivity index (χ2v) is 14.6. The lowest BCUT2D eigenvalue weighted by atomic mass is 9.87. The minimum Gasteiger partial charge on any atom is -0.462 e. The number of carbonyl (C=O) groups is 12. The molecule has 0 aromatic heterocycles. The Hall–Kier alpha value is -6.44. The molecule has 0 unspecified atom stereocenters. The highest BCUT2D eigenvalue weighted by Gasteiger charge is 2.62. The van der Waals surface area contributed by atoms with Gasteiger partial charge in [-0.2, -0.15) is 0 Å². The number of hydrogen-bond acceptors (Lipinski definition) is 24. The largest absolute Gasteiger partial charge is 0.462 e. The van der Waals surface area contributed by atoms with Gasteiger partial charge >= 0.3 is 65.5 Å². The zero-order chi connectivity index (χ0) is 49.5. The van der Waals surface area contributed by atoms with Crippen molar-refractivity contribution < 1.29 is 114 Å². The molecule has 0 bridgehead atoms. The minimum atomic E-state index is -3.10. The van der Waals surface area contributed by atoms with Crippen molar-refractivity contribution in [1.29, 1.82) is 0 Å². The van der Waals surface area contributed by atoms with E-state index in [0.29, 0.717) is 0 Å². The average molecular weight is 935 g/mol. The highest BCUT2D eigenvalue weighted by Crippen LogP contribution is 2.39. The lowest BCUT2D eigenvalue weighted by Gasteiger charge is -2.49. The minimum absolute atomic E-state index is 0.657. The van der Waals surface area contributed by atoms with Crippen LogP contribution in [-0.4, -0.2) is 158 Å². The molecular weight excluding hydrogens is 880 g/mol. The summed E-state index contributed by atoms with van der Waals surface area (Å²) in [6.07, 6.45) is -18.1. The number of nitrogens with one attached hydrogen (secondary N) is 2. The third-order valence-corrected chi connectivity index (χ3v) is 8.79.